The van der Waals surface area contributed by atoms with Crippen LogP contribution in [0.25, 0.3) is 11.3 Å². The molecule has 2 aromatic rings. The van der Waals surface area contributed by atoms with Crippen LogP contribution < -0.4 is 11.3 Å². The molecule has 0 aliphatic rings. The number of aromatic nitrogens is 1. The third-order valence-corrected chi connectivity index (χ3v) is 3.44. The van der Waals surface area contributed by atoms with Crippen molar-refractivity contribution in [2.24, 2.45) is 5.84 Å². The number of hydrazine groups is 1. The van der Waals surface area contributed by atoms with Crippen molar-refractivity contribution >= 4 is 11.3 Å². The van der Waals surface area contributed by atoms with Crippen LogP contribution in [0.5, 0.6) is 0 Å². The lowest BCUT2D eigenvalue weighted by Crippen LogP contribution is -2.20. The summed E-state index contributed by atoms with van der Waals surface area (Å²) in [6, 6.07) is 8.64. The highest BCUT2D eigenvalue weighted by Gasteiger charge is 2.03. The second-order valence-corrected chi connectivity index (χ2v) is 4.90. The molecule has 3 nitrogen and oxygen atoms in total. The Morgan fingerprint density at radius 2 is 2.06 bits per heavy atom. The van der Waals surface area contributed by atoms with E-state index in [1.54, 1.807) is 11.3 Å². The fourth-order valence-electron chi connectivity index (χ4n) is 1.74. The van der Waals surface area contributed by atoms with Gasteiger partial charge in [0.1, 0.15) is 5.01 Å². The van der Waals surface area contributed by atoms with E-state index in [1.165, 1.54) is 17.5 Å². The Labute approximate surface area is 106 Å². The van der Waals surface area contributed by atoms with Gasteiger partial charge in [0, 0.05) is 10.9 Å². The number of hydrogen-bond acceptors (Lipinski definition) is 4. The van der Waals surface area contributed by atoms with E-state index in [1.807, 2.05) is 0 Å². The van der Waals surface area contributed by atoms with Crippen molar-refractivity contribution in [3.63, 3.8) is 0 Å². The summed E-state index contributed by atoms with van der Waals surface area (Å²) >= 11 is 1.63. The molecule has 1 aromatic heterocycles. The number of aryl methyl sites for hydroxylation is 1. The molecular formula is C13H17N3S. The average molecular weight is 247 g/mol. The summed E-state index contributed by atoms with van der Waals surface area (Å²) in [5.74, 6) is 5.28. The van der Waals surface area contributed by atoms with Crippen LogP contribution in [0.2, 0.25) is 0 Å². The lowest BCUT2D eigenvalue weighted by molar-refractivity contribution is 0.737. The maximum absolute atomic E-state index is 5.28. The monoisotopic (exact) mass is 247 g/mol. The van der Waals surface area contributed by atoms with Gasteiger partial charge in [0.25, 0.3) is 0 Å². The SMILES string of the molecule is CCCc1ccc(-c2csc(CNN)n2)cc1. The van der Waals surface area contributed by atoms with Gasteiger partial charge in [0.05, 0.1) is 12.2 Å². The molecule has 0 unspecified atom stereocenters. The molecule has 0 aliphatic heterocycles. The minimum atomic E-state index is 0.624. The molecule has 0 saturated heterocycles. The first-order chi connectivity index (χ1) is 8.33. The molecule has 0 atom stereocenters. The van der Waals surface area contributed by atoms with E-state index in [0.29, 0.717) is 6.54 Å². The standard InChI is InChI=1S/C13H17N3S/c1-2-3-10-4-6-11(7-5-10)12-9-17-13(16-12)8-15-14/h4-7,9,15H,2-3,8,14H2,1H3. The summed E-state index contributed by atoms with van der Waals surface area (Å²) in [4.78, 5) is 4.52. The number of rotatable bonds is 5. The van der Waals surface area contributed by atoms with Gasteiger partial charge in [-0.3, -0.25) is 11.3 Å². The van der Waals surface area contributed by atoms with Gasteiger partial charge in [-0.25, -0.2) is 4.98 Å². The predicted octanol–water partition coefficient (Wildman–Crippen LogP) is 2.73. The Morgan fingerprint density at radius 3 is 2.71 bits per heavy atom. The van der Waals surface area contributed by atoms with Gasteiger partial charge in [-0.2, -0.15) is 0 Å². The Hall–Kier alpha value is -1.23. The van der Waals surface area contributed by atoms with Crippen molar-refractivity contribution in [2.75, 3.05) is 0 Å². The number of benzene rings is 1. The van der Waals surface area contributed by atoms with Crippen molar-refractivity contribution < 1.29 is 0 Å². The highest BCUT2D eigenvalue weighted by atomic mass is 32.1. The molecule has 1 aromatic carbocycles. The van der Waals surface area contributed by atoms with Crippen molar-refractivity contribution in [1.29, 1.82) is 0 Å². The van der Waals surface area contributed by atoms with Gasteiger partial charge < -0.3 is 0 Å². The highest BCUT2D eigenvalue weighted by molar-refractivity contribution is 7.09. The first-order valence-electron chi connectivity index (χ1n) is 5.80. The zero-order valence-electron chi connectivity index (χ0n) is 9.94. The van der Waals surface area contributed by atoms with Gasteiger partial charge in [-0.15, -0.1) is 11.3 Å². The Bertz CT molecular complexity index is 462. The minimum absolute atomic E-state index is 0.624. The summed E-state index contributed by atoms with van der Waals surface area (Å²) in [5.41, 5.74) is 6.21. The first-order valence-corrected chi connectivity index (χ1v) is 6.68. The lowest BCUT2D eigenvalue weighted by Gasteiger charge is -2.00. The number of hydrogen-bond donors (Lipinski definition) is 2. The van der Waals surface area contributed by atoms with Crippen LogP contribution >= 0.6 is 11.3 Å². The average Bonchev–Trinajstić information content (AvgIpc) is 2.80. The maximum Gasteiger partial charge on any atom is 0.108 e. The quantitative estimate of drug-likeness (QED) is 0.631. The second kappa shape index (κ2) is 5.91. The molecular weight excluding hydrogens is 230 g/mol. The molecule has 0 spiro atoms. The molecule has 0 saturated carbocycles. The van der Waals surface area contributed by atoms with Crippen LogP contribution in [0.4, 0.5) is 0 Å². The zero-order chi connectivity index (χ0) is 12.1. The van der Waals surface area contributed by atoms with Crippen LogP contribution in [0.15, 0.2) is 29.6 Å². The summed E-state index contributed by atoms with van der Waals surface area (Å²) in [5, 5.41) is 3.08. The van der Waals surface area contributed by atoms with Crippen molar-refractivity contribution in [3.8, 4) is 11.3 Å². The van der Waals surface area contributed by atoms with E-state index in [0.717, 1.165) is 17.1 Å². The normalized spacial score (nSPS) is 10.7. The highest BCUT2D eigenvalue weighted by Crippen LogP contribution is 2.22. The Balaban J connectivity index is 2.15. The fourth-order valence-corrected chi connectivity index (χ4v) is 2.50. The molecule has 90 valence electrons. The Kier molecular flexibility index (Phi) is 4.25. The molecule has 2 rings (SSSR count). The van der Waals surface area contributed by atoms with Crippen molar-refractivity contribution in [2.45, 2.75) is 26.3 Å². The molecule has 0 radical (unpaired) electrons. The van der Waals surface area contributed by atoms with Crippen molar-refractivity contribution in [3.05, 3.63) is 40.2 Å². The van der Waals surface area contributed by atoms with Gasteiger partial charge in [-0.1, -0.05) is 37.6 Å². The van der Waals surface area contributed by atoms with Crippen molar-refractivity contribution in [1.82, 2.24) is 10.4 Å². The van der Waals surface area contributed by atoms with Crippen LogP contribution in [0.1, 0.15) is 23.9 Å². The molecule has 4 heteroatoms. The smallest absolute Gasteiger partial charge is 0.108 e. The van der Waals surface area contributed by atoms with E-state index in [2.05, 4.69) is 47.0 Å². The molecule has 17 heavy (non-hydrogen) atoms. The van der Waals surface area contributed by atoms with E-state index in [-0.39, 0.29) is 0 Å². The lowest BCUT2D eigenvalue weighted by atomic mass is 10.1. The van der Waals surface area contributed by atoms with Gasteiger partial charge >= 0.3 is 0 Å². The molecule has 0 aliphatic carbocycles. The number of nitrogens with zero attached hydrogens (tertiary/aromatic N) is 1. The van der Waals surface area contributed by atoms with Crippen LogP contribution in [0.3, 0.4) is 0 Å². The molecule has 3 N–H and O–H groups in total. The van der Waals surface area contributed by atoms with Crippen LogP contribution in [0, 0.1) is 0 Å². The minimum Gasteiger partial charge on any atom is -0.271 e. The topological polar surface area (TPSA) is 50.9 Å². The first kappa shape index (κ1) is 12.2. The largest absolute Gasteiger partial charge is 0.271 e. The molecule has 0 fully saturated rings. The maximum atomic E-state index is 5.28. The Morgan fingerprint density at radius 1 is 1.29 bits per heavy atom. The zero-order valence-corrected chi connectivity index (χ0v) is 10.8. The van der Waals surface area contributed by atoms with E-state index in [4.69, 9.17) is 5.84 Å². The third kappa shape index (κ3) is 3.12. The van der Waals surface area contributed by atoms with Crippen LogP contribution in [-0.4, -0.2) is 4.98 Å². The second-order valence-electron chi connectivity index (χ2n) is 3.95. The number of thiazole rings is 1. The van der Waals surface area contributed by atoms with E-state index in [9.17, 15) is 0 Å². The third-order valence-electron chi connectivity index (χ3n) is 2.59. The predicted molar refractivity (Wildman–Crippen MR) is 72.6 cm³/mol. The van der Waals surface area contributed by atoms with Gasteiger partial charge in [-0.05, 0) is 12.0 Å². The molecule has 0 amide bonds. The molecule has 0 bridgehead atoms. The summed E-state index contributed by atoms with van der Waals surface area (Å²) < 4.78 is 0. The molecule has 1 heterocycles. The number of nitrogens with one attached hydrogen (secondary N) is 1. The summed E-state index contributed by atoms with van der Waals surface area (Å²) in [6.07, 6.45) is 2.32. The van der Waals surface area contributed by atoms with E-state index >= 15 is 0 Å². The van der Waals surface area contributed by atoms with Gasteiger partial charge in [0.15, 0.2) is 0 Å². The van der Waals surface area contributed by atoms with E-state index < -0.39 is 0 Å². The van der Waals surface area contributed by atoms with Gasteiger partial charge in [0.2, 0.25) is 0 Å². The summed E-state index contributed by atoms with van der Waals surface area (Å²) in [6.45, 7) is 2.82. The number of nitrogens with two attached hydrogens (primary N) is 1. The fraction of sp³-hybridized carbons (Fsp3) is 0.308. The summed E-state index contributed by atoms with van der Waals surface area (Å²) in [7, 11) is 0. The van der Waals surface area contributed by atoms with Crippen LogP contribution in [-0.2, 0) is 13.0 Å².